The summed E-state index contributed by atoms with van der Waals surface area (Å²) in [6, 6.07) is 33.4. The fourth-order valence-electron chi connectivity index (χ4n) is 6.20. The first-order valence-corrected chi connectivity index (χ1v) is 17.2. The molecule has 7 nitrogen and oxygen atoms in total. The Kier molecular flexibility index (Phi) is 12.6. The van der Waals surface area contributed by atoms with Gasteiger partial charge in [-0.2, -0.15) is 0 Å². The van der Waals surface area contributed by atoms with E-state index >= 15 is 0 Å². The number of hydrogen-bond donors (Lipinski definition) is 1. The third-order valence-corrected chi connectivity index (χ3v) is 8.35. The molecule has 0 aliphatic carbocycles. The quantitative estimate of drug-likeness (QED) is 0.0833. The van der Waals surface area contributed by atoms with Gasteiger partial charge in [0.2, 0.25) is 0 Å². The molecule has 260 valence electrons. The highest BCUT2D eigenvalue weighted by molar-refractivity contribution is 6.12. The second-order valence-electron chi connectivity index (χ2n) is 12.2. The number of rotatable bonds is 16. The van der Waals surface area contributed by atoms with Crippen molar-refractivity contribution in [3.05, 3.63) is 132 Å². The van der Waals surface area contributed by atoms with Crippen LogP contribution in [0.1, 0.15) is 61.6 Å². The summed E-state index contributed by atoms with van der Waals surface area (Å²) in [5.41, 5.74) is 6.51. The van der Waals surface area contributed by atoms with Gasteiger partial charge < -0.3 is 24.1 Å². The van der Waals surface area contributed by atoms with Crippen molar-refractivity contribution in [3.63, 3.8) is 0 Å². The maximum atomic E-state index is 14.3. The number of ether oxygens (including phenoxy) is 3. The minimum Gasteiger partial charge on any atom is -0.494 e. The molecule has 0 aliphatic rings. The van der Waals surface area contributed by atoms with Gasteiger partial charge in [0.15, 0.2) is 6.10 Å². The van der Waals surface area contributed by atoms with E-state index in [4.69, 9.17) is 14.2 Å². The maximum absolute atomic E-state index is 14.3. The molecule has 0 saturated carbocycles. The lowest BCUT2D eigenvalue weighted by Gasteiger charge is -2.18. The van der Waals surface area contributed by atoms with Gasteiger partial charge in [0, 0.05) is 36.5 Å². The highest BCUT2D eigenvalue weighted by Crippen LogP contribution is 2.42. The van der Waals surface area contributed by atoms with Crippen LogP contribution in [-0.4, -0.2) is 42.4 Å². The molecule has 1 amide bonds. The molecule has 0 radical (unpaired) electrons. The first-order valence-electron chi connectivity index (χ1n) is 17.2. The summed E-state index contributed by atoms with van der Waals surface area (Å²) in [6.07, 6.45) is 0.404. The Hall–Kier alpha value is -5.21. The van der Waals surface area contributed by atoms with E-state index in [1.54, 1.807) is 19.1 Å². The lowest BCUT2D eigenvalue weighted by atomic mass is 9.94. The van der Waals surface area contributed by atoms with Crippen LogP contribution in [-0.2, 0) is 27.2 Å². The molecular formula is C42H45FN2O5. The first kappa shape index (κ1) is 36.1. The Balaban J connectivity index is 1.44. The fourth-order valence-corrected chi connectivity index (χ4v) is 6.20. The Labute approximate surface area is 294 Å². The zero-order valence-electron chi connectivity index (χ0n) is 29.2. The molecule has 0 saturated heterocycles. The van der Waals surface area contributed by atoms with Gasteiger partial charge >= 0.3 is 5.97 Å². The van der Waals surface area contributed by atoms with Gasteiger partial charge in [0.1, 0.15) is 11.6 Å². The number of anilines is 1. The van der Waals surface area contributed by atoms with Crippen LogP contribution < -0.4 is 10.1 Å². The van der Waals surface area contributed by atoms with Crippen LogP contribution in [0.3, 0.4) is 0 Å². The molecule has 50 heavy (non-hydrogen) atoms. The molecule has 1 atom stereocenters. The van der Waals surface area contributed by atoms with Gasteiger partial charge in [-0.25, -0.2) is 9.18 Å². The van der Waals surface area contributed by atoms with Crippen LogP contribution >= 0.6 is 0 Å². The number of esters is 1. The number of amides is 1. The number of benzene rings is 4. The maximum Gasteiger partial charge on any atom is 0.335 e. The first-order chi connectivity index (χ1) is 24.3. The van der Waals surface area contributed by atoms with Crippen molar-refractivity contribution in [2.45, 2.75) is 59.1 Å². The van der Waals surface area contributed by atoms with Crippen molar-refractivity contribution in [2.75, 3.05) is 25.1 Å². The van der Waals surface area contributed by atoms with E-state index in [1.807, 2.05) is 91.9 Å². The molecule has 5 rings (SSSR count). The number of aromatic nitrogens is 1. The zero-order valence-corrected chi connectivity index (χ0v) is 29.2. The fraction of sp³-hybridized carbons (Fsp3) is 0.286. The van der Waals surface area contributed by atoms with Gasteiger partial charge in [-0.1, -0.05) is 74.5 Å². The number of carbonyl (C=O) groups excluding carboxylic acids is 2. The summed E-state index contributed by atoms with van der Waals surface area (Å²) in [5.74, 6) is -0.191. The Morgan fingerprint density at radius 3 is 2.08 bits per heavy atom. The van der Waals surface area contributed by atoms with Gasteiger partial charge in [-0.15, -0.1) is 0 Å². The molecule has 1 heterocycles. The molecule has 0 aliphatic heterocycles. The molecule has 0 spiro atoms. The van der Waals surface area contributed by atoms with Gasteiger partial charge in [-0.3, -0.25) is 4.79 Å². The Morgan fingerprint density at radius 1 is 0.800 bits per heavy atom. The summed E-state index contributed by atoms with van der Waals surface area (Å²) >= 11 is 0. The molecule has 5 aromatic rings. The molecule has 0 bridgehead atoms. The molecule has 8 heteroatoms. The van der Waals surface area contributed by atoms with E-state index in [1.165, 1.54) is 12.1 Å². The average Bonchev–Trinajstić information content (AvgIpc) is 3.47. The predicted molar refractivity (Wildman–Crippen MR) is 196 cm³/mol. The summed E-state index contributed by atoms with van der Waals surface area (Å²) in [6.45, 7) is 9.51. The molecule has 0 fully saturated rings. The van der Waals surface area contributed by atoms with Gasteiger partial charge in [0.25, 0.3) is 5.91 Å². The highest BCUT2D eigenvalue weighted by Gasteiger charge is 2.30. The number of para-hydroxylation sites is 1. The van der Waals surface area contributed by atoms with Crippen molar-refractivity contribution in [3.8, 4) is 28.1 Å². The molecule has 4 aromatic carbocycles. The number of nitrogens with one attached hydrogen (secondary N) is 1. The molecule has 0 unspecified atom stereocenters. The van der Waals surface area contributed by atoms with Crippen molar-refractivity contribution in [2.24, 2.45) is 0 Å². The second-order valence-corrected chi connectivity index (χ2v) is 12.2. The van der Waals surface area contributed by atoms with Crippen LogP contribution in [0.5, 0.6) is 5.75 Å². The monoisotopic (exact) mass is 676 g/mol. The standard InChI is InChI=1S/C42H45FN2O5/c1-5-48-36(42(47)49-6-2)28-30-18-24-35(25-19-30)50-27-13-26-45-39(29(3)4)38(41(46)44-34-16-11-8-12-17-34)37(31-14-9-7-10-15-31)40(45)32-20-22-33(43)23-21-32/h7-12,14-25,29,36H,5-6,13,26-28H2,1-4H3,(H,44,46)/t36-/m1/s1. The number of hydrogen-bond acceptors (Lipinski definition) is 5. The molecule has 1 N–H and O–H groups in total. The zero-order chi connectivity index (χ0) is 35.5. The normalized spacial score (nSPS) is 11.7. The number of carbonyl (C=O) groups is 2. The van der Waals surface area contributed by atoms with Crippen LogP contribution in [0.15, 0.2) is 109 Å². The Morgan fingerprint density at radius 2 is 1.46 bits per heavy atom. The van der Waals surface area contributed by atoms with E-state index in [0.29, 0.717) is 56.2 Å². The van der Waals surface area contributed by atoms with Gasteiger partial charge in [0.05, 0.1) is 24.5 Å². The van der Waals surface area contributed by atoms with Crippen LogP contribution in [0.25, 0.3) is 22.4 Å². The highest BCUT2D eigenvalue weighted by atomic mass is 19.1. The third-order valence-electron chi connectivity index (χ3n) is 8.35. The van der Waals surface area contributed by atoms with Crippen molar-refractivity contribution >= 4 is 17.6 Å². The third kappa shape index (κ3) is 8.87. The number of nitrogens with zero attached hydrogens (tertiary/aromatic N) is 1. The summed E-state index contributed by atoms with van der Waals surface area (Å²) in [5, 5.41) is 3.12. The van der Waals surface area contributed by atoms with Crippen LogP contribution in [0, 0.1) is 5.82 Å². The SMILES string of the molecule is CCOC(=O)[C@@H](Cc1ccc(OCCCn2c(-c3ccc(F)cc3)c(-c3ccccc3)c(C(=O)Nc3ccccc3)c2C(C)C)cc1)OCC. The lowest BCUT2D eigenvalue weighted by Crippen LogP contribution is -2.28. The minimum atomic E-state index is -0.654. The van der Waals surface area contributed by atoms with Crippen LogP contribution in [0.4, 0.5) is 10.1 Å². The number of halogens is 1. The molecule has 1 aromatic heterocycles. The van der Waals surface area contributed by atoms with Crippen molar-refractivity contribution in [1.82, 2.24) is 4.57 Å². The smallest absolute Gasteiger partial charge is 0.335 e. The lowest BCUT2D eigenvalue weighted by molar-refractivity contribution is -0.156. The van der Waals surface area contributed by atoms with Crippen molar-refractivity contribution in [1.29, 1.82) is 0 Å². The molecular weight excluding hydrogens is 631 g/mol. The van der Waals surface area contributed by atoms with E-state index in [0.717, 1.165) is 33.6 Å². The largest absolute Gasteiger partial charge is 0.494 e. The summed E-state index contributed by atoms with van der Waals surface area (Å²) in [7, 11) is 0. The van der Waals surface area contributed by atoms with Crippen LogP contribution in [0.2, 0.25) is 0 Å². The predicted octanol–water partition coefficient (Wildman–Crippen LogP) is 9.32. The average molecular weight is 677 g/mol. The van der Waals surface area contributed by atoms with E-state index in [9.17, 15) is 14.0 Å². The minimum absolute atomic E-state index is 0.00762. The Bertz CT molecular complexity index is 1840. The van der Waals surface area contributed by atoms with E-state index in [-0.39, 0.29) is 23.6 Å². The van der Waals surface area contributed by atoms with E-state index < -0.39 is 6.10 Å². The second kappa shape index (κ2) is 17.4. The topological polar surface area (TPSA) is 78.8 Å². The summed E-state index contributed by atoms with van der Waals surface area (Å²) < 4.78 is 33.3. The van der Waals surface area contributed by atoms with Crippen molar-refractivity contribution < 1.29 is 28.2 Å². The van der Waals surface area contributed by atoms with E-state index in [2.05, 4.69) is 23.7 Å². The summed E-state index contributed by atoms with van der Waals surface area (Å²) in [4.78, 5) is 26.6. The van der Waals surface area contributed by atoms with Gasteiger partial charge in [-0.05, 0) is 91.4 Å².